The largest absolute Gasteiger partial charge is 0.354 e. The Bertz CT molecular complexity index is 198. The van der Waals surface area contributed by atoms with Crippen LogP contribution < -0.4 is 11.1 Å². The topological polar surface area (TPSA) is 78.9 Å². The van der Waals surface area contributed by atoms with Crippen molar-refractivity contribution >= 4 is 5.91 Å². The summed E-state index contributed by atoms with van der Waals surface area (Å²) in [7, 11) is 0. The summed E-state index contributed by atoms with van der Waals surface area (Å²) in [5, 5.41) is 10.9. The van der Waals surface area contributed by atoms with Gasteiger partial charge in [0, 0.05) is 6.54 Å². The summed E-state index contributed by atoms with van der Waals surface area (Å²) in [4.78, 5) is 11.3. The van der Waals surface area contributed by atoms with Crippen LogP contribution in [0.4, 0.5) is 0 Å². The maximum atomic E-state index is 11.3. The van der Waals surface area contributed by atoms with Crippen molar-refractivity contribution in [3.8, 4) is 6.07 Å². The van der Waals surface area contributed by atoms with E-state index in [4.69, 9.17) is 11.0 Å². The second-order valence-corrected chi connectivity index (χ2v) is 3.11. The molecule has 0 heterocycles. The van der Waals surface area contributed by atoms with Gasteiger partial charge in [-0.25, -0.2) is 0 Å². The van der Waals surface area contributed by atoms with Crippen molar-refractivity contribution in [1.29, 1.82) is 5.26 Å². The quantitative estimate of drug-likeness (QED) is 0.605. The molecule has 0 aliphatic carbocycles. The van der Waals surface area contributed by atoms with Crippen LogP contribution in [0, 0.1) is 17.2 Å². The summed E-state index contributed by atoms with van der Waals surface area (Å²) in [6.45, 7) is 4.32. The maximum absolute atomic E-state index is 11.3. The fourth-order valence-electron chi connectivity index (χ4n) is 0.872. The van der Waals surface area contributed by atoms with E-state index in [1.807, 2.05) is 19.9 Å². The van der Waals surface area contributed by atoms with E-state index < -0.39 is 6.04 Å². The van der Waals surface area contributed by atoms with Gasteiger partial charge in [-0.3, -0.25) is 4.79 Å². The van der Waals surface area contributed by atoms with Gasteiger partial charge in [-0.05, 0) is 5.92 Å². The van der Waals surface area contributed by atoms with Gasteiger partial charge in [0.2, 0.25) is 5.91 Å². The van der Waals surface area contributed by atoms with Gasteiger partial charge in [-0.2, -0.15) is 5.26 Å². The Morgan fingerprint density at radius 3 is 2.77 bits per heavy atom. The molecular weight excluding hydrogens is 166 g/mol. The summed E-state index contributed by atoms with van der Waals surface area (Å²) in [6.07, 6.45) is 1.21. The number of rotatable bonds is 5. The molecule has 2 unspecified atom stereocenters. The number of nitrogens with zero attached hydrogens (tertiary/aromatic N) is 1. The molecule has 4 nitrogen and oxygen atoms in total. The molecule has 1 amide bonds. The first-order valence-electron chi connectivity index (χ1n) is 4.53. The number of nitriles is 1. The summed E-state index contributed by atoms with van der Waals surface area (Å²) in [6, 6.07) is 1.49. The van der Waals surface area contributed by atoms with Gasteiger partial charge in [-0.15, -0.1) is 0 Å². The van der Waals surface area contributed by atoms with E-state index in [0.717, 1.165) is 6.42 Å². The van der Waals surface area contributed by atoms with Gasteiger partial charge in [0.05, 0.1) is 18.5 Å². The van der Waals surface area contributed by atoms with Crippen LogP contribution >= 0.6 is 0 Å². The predicted molar refractivity (Wildman–Crippen MR) is 50.7 cm³/mol. The molecule has 0 saturated carbocycles. The maximum Gasteiger partial charge on any atom is 0.237 e. The molecule has 0 fully saturated rings. The smallest absolute Gasteiger partial charge is 0.237 e. The minimum atomic E-state index is -0.455. The Kier molecular flexibility index (Phi) is 5.90. The van der Waals surface area contributed by atoms with Crippen LogP contribution in [-0.4, -0.2) is 18.5 Å². The lowest BCUT2D eigenvalue weighted by molar-refractivity contribution is -0.123. The molecule has 0 rings (SSSR count). The Hall–Kier alpha value is -1.08. The van der Waals surface area contributed by atoms with Gasteiger partial charge in [0.1, 0.15) is 0 Å². The summed E-state index contributed by atoms with van der Waals surface area (Å²) in [5.74, 6) is 0.0201. The number of amides is 1. The summed E-state index contributed by atoms with van der Waals surface area (Å²) >= 11 is 0. The third-order valence-electron chi connectivity index (χ3n) is 2.10. The Morgan fingerprint density at radius 1 is 1.69 bits per heavy atom. The first kappa shape index (κ1) is 11.9. The Labute approximate surface area is 79.1 Å². The number of carbonyl (C=O) groups is 1. The Morgan fingerprint density at radius 2 is 2.31 bits per heavy atom. The molecule has 0 spiro atoms. The standard InChI is InChI=1S/C9H17N3O/c1-3-7(2)8(11)9(13)12-6-4-5-10/h7-8H,3-4,6,11H2,1-2H3,(H,12,13). The lowest BCUT2D eigenvalue weighted by Crippen LogP contribution is -2.44. The molecule has 0 aliphatic heterocycles. The highest BCUT2D eigenvalue weighted by molar-refractivity contribution is 5.81. The van der Waals surface area contributed by atoms with Crippen molar-refractivity contribution in [3.05, 3.63) is 0 Å². The summed E-state index contributed by atoms with van der Waals surface area (Å²) in [5.41, 5.74) is 5.66. The first-order chi connectivity index (χ1) is 6.13. The third kappa shape index (κ3) is 4.48. The molecule has 0 radical (unpaired) electrons. The van der Waals surface area contributed by atoms with Crippen LogP contribution in [0.2, 0.25) is 0 Å². The van der Waals surface area contributed by atoms with E-state index in [1.54, 1.807) is 0 Å². The van der Waals surface area contributed by atoms with Gasteiger partial charge in [0.25, 0.3) is 0 Å². The zero-order valence-corrected chi connectivity index (χ0v) is 8.21. The van der Waals surface area contributed by atoms with Crippen molar-refractivity contribution in [3.63, 3.8) is 0 Å². The monoisotopic (exact) mass is 183 g/mol. The average molecular weight is 183 g/mol. The molecule has 2 atom stereocenters. The molecular formula is C9H17N3O. The van der Waals surface area contributed by atoms with Crippen molar-refractivity contribution in [1.82, 2.24) is 5.32 Å². The predicted octanol–water partition coefficient (Wildman–Crippen LogP) is 0.390. The normalized spacial score (nSPS) is 14.3. The highest BCUT2D eigenvalue weighted by Gasteiger charge is 2.18. The number of nitrogens with two attached hydrogens (primary N) is 1. The molecule has 3 N–H and O–H groups in total. The molecule has 13 heavy (non-hydrogen) atoms. The molecule has 0 aromatic carbocycles. The minimum Gasteiger partial charge on any atom is -0.354 e. The van der Waals surface area contributed by atoms with Crippen molar-refractivity contribution in [2.75, 3.05) is 6.54 Å². The van der Waals surface area contributed by atoms with Crippen LogP contribution in [0.1, 0.15) is 26.7 Å². The Balaban J connectivity index is 3.77. The first-order valence-corrected chi connectivity index (χ1v) is 4.53. The van der Waals surface area contributed by atoms with Gasteiger partial charge in [0.15, 0.2) is 0 Å². The molecule has 0 aromatic rings. The van der Waals surface area contributed by atoms with E-state index in [0.29, 0.717) is 13.0 Å². The minimum absolute atomic E-state index is 0.162. The second-order valence-electron chi connectivity index (χ2n) is 3.11. The average Bonchev–Trinajstić information content (AvgIpc) is 2.15. The van der Waals surface area contributed by atoms with Crippen LogP contribution in [0.25, 0.3) is 0 Å². The van der Waals surface area contributed by atoms with Crippen LogP contribution in [0.5, 0.6) is 0 Å². The zero-order valence-electron chi connectivity index (χ0n) is 8.21. The van der Waals surface area contributed by atoms with Crippen molar-refractivity contribution in [2.24, 2.45) is 11.7 Å². The van der Waals surface area contributed by atoms with E-state index in [1.165, 1.54) is 0 Å². The SMILES string of the molecule is CCC(C)C(N)C(=O)NCCC#N. The van der Waals surface area contributed by atoms with Crippen molar-refractivity contribution < 1.29 is 4.79 Å². The fourth-order valence-corrected chi connectivity index (χ4v) is 0.872. The molecule has 74 valence electrons. The third-order valence-corrected chi connectivity index (χ3v) is 2.10. The molecule has 4 heteroatoms. The molecule has 0 saturated heterocycles. The fraction of sp³-hybridized carbons (Fsp3) is 0.778. The second kappa shape index (κ2) is 6.44. The van der Waals surface area contributed by atoms with Crippen molar-refractivity contribution in [2.45, 2.75) is 32.7 Å². The van der Waals surface area contributed by atoms with E-state index >= 15 is 0 Å². The van der Waals surface area contributed by atoms with Gasteiger partial charge in [-0.1, -0.05) is 20.3 Å². The lowest BCUT2D eigenvalue weighted by atomic mass is 9.99. The number of hydrogen-bond acceptors (Lipinski definition) is 3. The highest BCUT2D eigenvalue weighted by Crippen LogP contribution is 2.04. The molecule has 0 aromatic heterocycles. The lowest BCUT2D eigenvalue weighted by Gasteiger charge is -2.16. The summed E-state index contributed by atoms with van der Waals surface area (Å²) < 4.78 is 0. The zero-order chi connectivity index (χ0) is 10.3. The highest BCUT2D eigenvalue weighted by atomic mass is 16.2. The number of nitrogens with one attached hydrogen (secondary N) is 1. The van der Waals surface area contributed by atoms with E-state index in [2.05, 4.69) is 5.32 Å². The number of hydrogen-bond donors (Lipinski definition) is 2. The van der Waals surface area contributed by atoms with Crippen LogP contribution in [0.3, 0.4) is 0 Å². The van der Waals surface area contributed by atoms with Gasteiger partial charge < -0.3 is 11.1 Å². The van der Waals surface area contributed by atoms with E-state index in [-0.39, 0.29) is 11.8 Å². The molecule has 0 aliphatic rings. The van der Waals surface area contributed by atoms with E-state index in [9.17, 15) is 4.79 Å². The number of carbonyl (C=O) groups excluding carboxylic acids is 1. The molecule has 0 bridgehead atoms. The van der Waals surface area contributed by atoms with Crippen LogP contribution in [-0.2, 0) is 4.79 Å². The van der Waals surface area contributed by atoms with Gasteiger partial charge >= 0.3 is 0 Å². The van der Waals surface area contributed by atoms with Crippen LogP contribution in [0.15, 0.2) is 0 Å².